The quantitative estimate of drug-likeness (QED) is 0.736. The molecule has 4 rings (SSSR count). The van der Waals surface area contributed by atoms with E-state index >= 15 is 0 Å². The summed E-state index contributed by atoms with van der Waals surface area (Å²) in [5, 5.41) is 19.5. The zero-order chi connectivity index (χ0) is 20.7. The number of phenolic OH excluding ortho intramolecular Hbond substituents is 1. The van der Waals surface area contributed by atoms with Gasteiger partial charge in [0.15, 0.2) is 29.0 Å². The molecule has 2 aromatic carbocycles. The molecule has 1 heterocycles. The van der Waals surface area contributed by atoms with Crippen molar-refractivity contribution in [1.82, 2.24) is 4.90 Å². The van der Waals surface area contributed by atoms with E-state index < -0.39 is 35.1 Å². The summed E-state index contributed by atoms with van der Waals surface area (Å²) in [6.45, 7) is 1.60. The van der Waals surface area contributed by atoms with E-state index in [1.807, 2.05) is 4.90 Å². The molecule has 0 aromatic heterocycles. The number of rotatable bonds is 5. The third-order valence-electron chi connectivity index (χ3n) is 5.83. The molecule has 4 atom stereocenters. The maximum atomic E-state index is 13.8. The highest BCUT2D eigenvalue weighted by atomic mass is 19.1. The van der Waals surface area contributed by atoms with Crippen LogP contribution in [0.25, 0.3) is 0 Å². The number of aromatic hydroxyl groups is 1. The molecule has 1 aliphatic carbocycles. The van der Waals surface area contributed by atoms with E-state index in [0.717, 1.165) is 37.1 Å². The van der Waals surface area contributed by atoms with Crippen molar-refractivity contribution in [1.29, 1.82) is 0 Å². The summed E-state index contributed by atoms with van der Waals surface area (Å²) >= 11 is 0. The van der Waals surface area contributed by atoms with Gasteiger partial charge >= 0.3 is 0 Å². The van der Waals surface area contributed by atoms with Crippen molar-refractivity contribution < 1.29 is 32.5 Å². The fraction of sp³-hybridized carbons (Fsp3) is 0.429. The van der Waals surface area contributed by atoms with Gasteiger partial charge in [-0.15, -0.1) is 0 Å². The third-order valence-corrected chi connectivity index (χ3v) is 5.83. The summed E-state index contributed by atoms with van der Waals surface area (Å²) in [7, 11) is 0. The van der Waals surface area contributed by atoms with Crippen LogP contribution in [-0.4, -0.2) is 40.9 Å². The summed E-state index contributed by atoms with van der Waals surface area (Å²) < 4.78 is 59.5. The Bertz CT molecular complexity index is 872. The molecule has 1 saturated heterocycles. The number of benzene rings is 2. The number of nitrogens with zero attached hydrogens (tertiary/aromatic N) is 1. The van der Waals surface area contributed by atoms with Gasteiger partial charge in [-0.2, -0.15) is 0 Å². The summed E-state index contributed by atoms with van der Waals surface area (Å²) in [6, 6.07) is 5.11. The Balaban J connectivity index is 1.32. The van der Waals surface area contributed by atoms with Gasteiger partial charge in [0, 0.05) is 25.7 Å². The monoisotopic (exact) mass is 411 g/mol. The van der Waals surface area contributed by atoms with Gasteiger partial charge in [-0.1, -0.05) is 0 Å². The zero-order valence-corrected chi connectivity index (χ0v) is 15.5. The van der Waals surface area contributed by atoms with Crippen molar-refractivity contribution >= 4 is 0 Å². The molecule has 1 aliphatic heterocycles. The molecule has 1 saturated carbocycles. The van der Waals surface area contributed by atoms with Gasteiger partial charge in [-0.05, 0) is 54.5 Å². The average Bonchev–Trinajstić information content (AvgIpc) is 3.19. The molecular weight excluding hydrogens is 390 g/mol. The molecule has 2 N–H and O–H groups in total. The van der Waals surface area contributed by atoms with Crippen LogP contribution < -0.4 is 4.74 Å². The number of halogens is 4. The molecule has 1 unspecified atom stereocenters. The molecule has 0 spiro atoms. The second kappa shape index (κ2) is 7.84. The van der Waals surface area contributed by atoms with E-state index in [-0.39, 0.29) is 24.0 Å². The smallest absolute Gasteiger partial charge is 0.187 e. The van der Waals surface area contributed by atoms with Crippen LogP contribution in [0.3, 0.4) is 0 Å². The maximum Gasteiger partial charge on any atom is 0.187 e. The van der Waals surface area contributed by atoms with Crippen LogP contribution in [0.5, 0.6) is 11.5 Å². The van der Waals surface area contributed by atoms with Gasteiger partial charge in [0.2, 0.25) is 0 Å². The number of aliphatic hydroxyl groups excluding tert-OH is 1. The Hall–Kier alpha value is -2.32. The first kappa shape index (κ1) is 20.0. The number of aliphatic hydroxyl groups is 1. The van der Waals surface area contributed by atoms with Gasteiger partial charge in [-0.3, -0.25) is 4.90 Å². The molecule has 2 fully saturated rings. The highest BCUT2D eigenvalue weighted by Crippen LogP contribution is 2.40. The maximum absolute atomic E-state index is 13.8. The first-order valence-corrected chi connectivity index (χ1v) is 9.50. The molecule has 0 amide bonds. The van der Waals surface area contributed by atoms with E-state index in [2.05, 4.69) is 0 Å². The van der Waals surface area contributed by atoms with Crippen LogP contribution in [-0.2, 0) is 0 Å². The lowest BCUT2D eigenvalue weighted by molar-refractivity contribution is 0.115. The number of ether oxygens (including phenoxy) is 1. The van der Waals surface area contributed by atoms with Gasteiger partial charge in [0.05, 0.1) is 12.2 Å². The lowest BCUT2D eigenvalue weighted by atomic mass is 10.0. The highest BCUT2D eigenvalue weighted by molar-refractivity contribution is 5.31. The molecule has 0 radical (unpaired) electrons. The average molecular weight is 411 g/mol. The molecule has 4 nitrogen and oxygen atoms in total. The molecule has 156 valence electrons. The molecular formula is C21H21F4NO3. The fourth-order valence-electron chi connectivity index (χ4n) is 4.46. The molecule has 2 aliphatic rings. The molecule has 29 heavy (non-hydrogen) atoms. The van der Waals surface area contributed by atoms with Crippen LogP contribution in [0.1, 0.15) is 24.5 Å². The minimum absolute atomic E-state index is 0.0417. The van der Waals surface area contributed by atoms with Crippen LogP contribution in [0.2, 0.25) is 0 Å². The van der Waals surface area contributed by atoms with E-state index in [4.69, 9.17) is 4.74 Å². The van der Waals surface area contributed by atoms with Crippen molar-refractivity contribution in [2.45, 2.75) is 25.0 Å². The molecule has 2 aromatic rings. The topological polar surface area (TPSA) is 52.9 Å². The molecule has 8 heteroatoms. The largest absolute Gasteiger partial charge is 0.503 e. The van der Waals surface area contributed by atoms with Crippen molar-refractivity contribution in [3.8, 4) is 11.5 Å². The van der Waals surface area contributed by atoms with Crippen LogP contribution in [0.15, 0.2) is 30.3 Å². The number of likely N-dealkylation sites (tertiary alicyclic amines) is 1. The number of phenols is 1. The lowest BCUT2D eigenvalue weighted by Crippen LogP contribution is -2.29. The van der Waals surface area contributed by atoms with Crippen molar-refractivity contribution in [2.75, 3.05) is 19.6 Å². The predicted octanol–water partition coefficient (Wildman–Crippen LogP) is 3.77. The first-order valence-electron chi connectivity index (χ1n) is 9.50. The van der Waals surface area contributed by atoms with Gasteiger partial charge in [0.1, 0.15) is 5.82 Å². The Morgan fingerprint density at radius 2 is 1.59 bits per heavy atom. The number of hydrogen-bond acceptors (Lipinski definition) is 4. The summed E-state index contributed by atoms with van der Waals surface area (Å²) in [6.07, 6.45) is 0.198. The van der Waals surface area contributed by atoms with E-state index in [0.29, 0.717) is 24.9 Å². The number of hydrogen-bond donors (Lipinski definition) is 2. The Labute approximate surface area is 165 Å². The summed E-state index contributed by atoms with van der Waals surface area (Å²) in [4.78, 5) is 2.03. The minimum Gasteiger partial charge on any atom is -0.503 e. The standard InChI is InChI=1S/C21H21F4NO3/c22-14-1-2-20(16(23)7-14)29-15-3-12-8-26(9-13(12)4-15)10-19(27)11-5-17(24)21(28)18(25)6-11/h1-2,5-7,12-13,15,19,27-28H,3-4,8-10H2/t12-,13+,15?,19-/m0/s1. The van der Waals surface area contributed by atoms with Gasteiger partial charge in [-0.25, -0.2) is 17.6 Å². The Kier molecular flexibility index (Phi) is 5.40. The summed E-state index contributed by atoms with van der Waals surface area (Å²) in [5.41, 5.74) is 0.0721. The third kappa shape index (κ3) is 4.18. The number of fused-ring (bicyclic) bond motifs is 1. The predicted molar refractivity (Wildman–Crippen MR) is 96.4 cm³/mol. The fourth-order valence-corrected chi connectivity index (χ4v) is 4.46. The van der Waals surface area contributed by atoms with Gasteiger partial charge in [0.25, 0.3) is 0 Å². The second-order valence-corrected chi connectivity index (χ2v) is 7.87. The van der Waals surface area contributed by atoms with Crippen molar-refractivity contribution in [3.63, 3.8) is 0 Å². The highest BCUT2D eigenvalue weighted by Gasteiger charge is 2.42. The van der Waals surface area contributed by atoms with Crippen molar-refractivity contribution in [2.24, 2.45) is 11.8 Å². The van der Waals surface area contributed by atoms with E-state index in [1.165, 1.54) is 6.07 Å². The normalized spacial score (nSPS) is 25.2. The Morgan fingerprint density at radius 3 is 2.17 bits per heavy atom. The van der Waals surface area contributed by atoms with E-state index in [9.17, 15) is 27.8 Å². The SMILES string of the molecule is Oc1c(F)cc([C@@H](O)CN2C[C@H]3CC(Oc4ccc(F)cc4F)C[C@H]3C2)cc1F. The zero-order valence-electron chi connectivity index (χ0n) is 15.5. The van der Waals surface area contributed by atoms with Crippen LogP contribution >= 0.6 is 0 Å². The molecule has 0 bridgehead atoms. The Morgan fingerprint density at radius 1 is 0.966 bits per heavy atom. The number of β-amino-alcohol motifs (C(OH)–C–C–N with tert-alkyl or cyclic N) is 1. The van der Waals surface area contributed by atoms with Crippen molar-refractivity contribution in [3.05, 3.63) is 59.2 Å². The van der Waals surface area contributed by atoms with Gasteiger partial charge < -0.3 is 14.9 Å². The van der Waals surface area contributed by atoms with Crippen LogP contribution in [0.4, 0.5) is 17.6 Å². The lowest BCUT2D eigenvalue weighted by Gasteiger charge is -2.23. The summed E-state index contributed by atoms with van der Waals surface area (Å²) in [5.74, 6) is -3.98. The first-order chi connectivity index (χ1) is 13.8. The minimum atomic E-state index is -1.11. The van der Waals surface area contributed by atoms with Crippen LogP contribution in [0, 0.1) is 35.1 Å². The second-order valence-electron chi connectivity index (χ2n) is 7.87. The van der Waals surface area contributed by atoms with E-state index in [1.54, 1.807) is 0 Å².